The van der Waals surface area contributed by atoms with Crippen LogP contribution in [0.4, 0.5) is 0 Å². The summed E-state index contributed by atoms with van der Waals surface area (Å²) in [4.78, 5) is 0. The first-order valence-electron chi connectivity index (χ1n) is 5.62. The number of halogens is 2. The van der Waals surface area contributed by atoms with Gasteiger partial charge in [0, 0.05) is 30.1 Å². The Balaban J connectivity index is 4.44. The van der Waals surface area contributed by atoms with Crippen molar-refractivity contribution in [1.29, 1.82) is 0 Å². The molecule has 3 atom stereocenters. The van der Waals surface area contributed by atoms with Gasteiger partial charge in [-0.05, 0) is 13.3 Å². The van der Waals surface area contributed by atoms with Gasteiger partial charge in [0.25, 0.3) is 0 Å². The maximum Gasteiger partial charge on any atom is 0.341 e. The maximum absolute atomic E-state index is 12.3. The van der Waals surface area contributed by atoms with Crippen LogP contribution >= 0.6 is 53.3 Å². The standard InChI is InChI=1S/C9H21Cl2N2O2PS2/c1-8(7-9(2)18-17)15-16(12,14)13(5-3-10)6-4-11/h8-9,17H,3-7H2,1-2H3,(H2,12,14). The minimum absolute atomic E-state index is 0.205. The lowest BCUT2D eigenvalue weighted by molar-refractivity contribution is 0.187. The zero-order chi connectivity index (χ0) is 14.2. The number of rotatable bonds is 10. The Labute approximate surface area is 129 Å². The van der Waals surface area contributed by atoms with Crippen LogP contribution in [-0.4, -0.2) is 40.9 Å². The van der Waals surface area contributed by atoms with Crippen molar-refractivity contribution in [2.75, 3.05) is 24.8 Å². The maximum atomic E-state index is 12.3. The summed E-state index contributed by atoms with van der Waals surface area (Å²) in [6, 6.07) is 0. The highest BCUT2D eigenvalue weighted by molar-refractivity contribution is 8.68. The van der Waals surface area contributed by atoms with E-state index in [0.29, 0.717) is 30.1 Å². The molecule has 0 heterocycles. The van der Waals surface area contributed by atoms with Crippen molar-refractivity contribution in [3.63, 3.8) is 0 Å². The zero-order valence-corrected chi connectivity index (χ0v) is 14.7. The summed E-state index contributed by atoms with van der Waals surface area (Å²) in [6.45, 7) is 4.66. The minimum atomic E-state index is -3.33. The molecule has 0 aliphatic heterocycles. The second-order valence-corrected chi connectivity index (χ2v) is 8.27. The van der Waals surface area contributed by atoms with E-state index in [1.165, 1.54) is 15.5 Å². The molecule has 0 saturated carbocycles. The summed E-state index contributed by atoms with van der Waals surface area (Å²) in [5, 5.41) is 0.304. The van der Waals surface area contributed by atoms with Crippen LogP contribution < -0.4 is 5.50 Å². The molecule has 0 rings (SSSR count). The Hall–Kier alpha value is 1.39. The van der Waals surface area contributed by atoms with Crippen LogP contribution in [0.3, 0.4) is 0 Å². The number of thiol groups is 1. The fourth-order valence-corrected chi connectivity index (χ4v) is 4.22. The summed E-state index contributed by atoms with van der Waals surface area (Å²) < 4.78 is 19.3. The van der Waals surface area contributed by atoms with E-state index >= 15 is 0 Å². The zero-order valence-electron chi connectivity index (χ0n) is 10.6. The van der Waals surface area contributed by atoms with Crippen LogP contribution in [0.25, 0.3) is 0 Å². The molecular weight excluding hydrogens is 334 g/mol. The molecule has 3 unspecified atom stereocenters. The van der Waals surface area contributed by atoms with E-state index in [0.717, 1.165) is 6.42 Å². The van der Waals surface area contributed by atoms with E-state index < -0.39 is 7.67 Å². The molecule has 0 fully saturated rings. The summed E-state index contributed by atoms with van der Waals surface area (Å²) >= 11 is 15.4. The van der Waals surface area contributed by atoms with Gasteiger partial charge < -0.3 is 4.52 Å². The number of hydrogen-bond donors (Lipinski definition) is 2. The third-order valence-corrected chi connectivity index (χ3v) is 6.07. The Morgan fingerprint density at radius 3 is 2.28 bits per heavy atom. The van der Waals surface area contributed by atoms with E-state index in [-0.39, 0.29) is 6.10 Å². The van der Waals surface area contributed by atoms with Gasteiger partial charge in [-0.25, -0.2) is 10.2 Å². The molecule has 0 aliphatic rings. The van der Waals surface area contributed by atoms with E-state index in [4.69, 9.17) is 33.2 Å². The summed E-state index contributed by atoms with van der Waals surface area (Å²) in [5.41, 5.74) is 5.77. The second-order valence-electron chi connectivity index (χ2n) is 3.96. The van der Waals surface area contributed by atoms with Crippen LogP contribution in [0.1, 0.15) is 20.3 Å². The molecule has 0 radical (unpaired) electrons. The molecule has 0 saturated heterocycles. The molecule has 9 heteroatoms. The van der Waals surface area contributed by atoms with E-state index in [1.807, 2.05) is 13.8 Å². The Kier molecular flexibility index (Phi) is 11.0. The Morgan fingerprint density at radius 1 is 1.39 bits per heavy atom. The molecule has 18 heavy (non-hydrogen) atoms. The highest BCUT2D eigenvalue weighted by Gasteiger charge is 2.29. The van der Waals surface area contributed by atoms with Crippen molar-refractivity contribution in [1.82, 2.24) is 4.67 Å². The third kappa shape index (κ3) is 7.85. The Morgan fingerprint density at radius 2 is 1.89 bits per heavy atom. The molecule has 0 amide bonds. The molecule has 0 bridgehead atoms. The first-order chi connectivity index (χ1) is 8.37. The molecule has 4 nitrogen and oxygen atoms in total. The predicted octanol–water partition coefficient (Wildman–Crippen LogP) is 3.59. The van der Waals surface area contributed by atoms with E-state index in [9.17, 15) is 4.57 Å². The van der Waals surface area contributed by atoms with Crippen LogP contribution in [0.2, 0.25) is 0 Å². The number of alkyl halides is 2. The van der Waals surface area contributed by atoms with Crippen molar-refractivity contribution in [2.24, 2.45) is 5.50 Å². The van der Waals surface area contributed by atoms with Crippen LogP contribution in [0.15, 0.2) is 0 Å². The molecule has 110 valence electrons. The van der Waals surface area contributed by atoms with Crippen LogP contribution in [0, 0.1) is 0 Å². The van der Waals surface area contributed by atoms with Gasteiger partial charge in [0.2, 0.25) is 0 Å². The van der Waals surface area contributed by atoms with Gasteiger partial charge in [-0.3, -0.25) is 4.57 Å². The van der Waals surface area contributed by atoms with Gasteiger partial charge in [0.1, 0.15) is 0 Å². The first kappa shape index (κ1) is 19.4. The highest BCUT2D eigenvalue weighted by atomic mass is 35.5. The quantitative estimate of drug-likeness (QED) is 0.271. The lowest BCUT2D eigenvalue weighted by Gasteiger charge is -2.29. The lowest BCUT2D eigenvalue weighted by atomic mass is 10.2. The number of hydrogen-bond acceptors (Lipinski definition) is 4. The molecule has 0 aromatic heterocycles. The van der Waals surface area contributed by atoms with Crippen molar-refractivity contribution in [3.8, 4) is 0 Å². The van der Waals surface area contributed by atoms with Gasteiger partial charge in [-0.2, -0.15) is 0 Å². The average molecular weight is 355 g/mol. The lowest BCUT2D eigenvalue weighted by Crippen LogP contribution is -2.31. The van der Waals surface area contributed by atoms with E-state index in [1.54, 1.807) is 0 Å². The van der Waals surface area contributed by atoms with Gasteiger partial charge in [-0.15, -0.1) is 34.9 Å². The molecule has 0 spiro atoms. The first-order valence-corrected chi connectivity index (χ1v) is 10.3. The topological polar surface area (TPSA) is 55.6 Å². The normalized spacial score (nSPS) is 18.6. The predicted molar refractivity (Wildman–Crippen MR) is 86.0 cm³/mol. The smallest absolute Gasteiger partial charge is 0.303 e. The van der Waals surface area contributed by atoms with Gasteiger partial charge in [0.15, 0.2) is 0 Å². The fourth-order valence-electron chi connectivity index (χ4n) is 1.46. The van der Waals surface area contributed by atoms with Crippen molar-refractivity contribution >= 4 is 53.3 Å². The third-order valence-electron chi connectivity index (χ3n) is 2.25. The van der Waals surface area contributed by atoms with Crippen molar-refractivity contribution in [2.45, 2.75) is 31.6 Å². The molecule has 0 aromatic carbocycles. The summed E-state index contributed by atoms with van der Waals surface area (Å²) in [6.07, 6.45) is 0.522. The largest absolute Gasteiger partial charge is 0.341 e. The molecular formula is C9H21Cl2N2O2PS2. The number of nitrogens with two attached hydrogens (primary N) is 1. The molecule has 0 aliphatic carbocycles. The van der Waals surface area contributed by atoms with E-state index in [2.05, 4.69) is 11.7 Å². The summed E-state index contributed by atoms with van der Waals surface area (Å²) in [7, 11) is -1.89. The van der Waals surface area contributed by atoms with Crippen molar-refractivity contribution < 1.29 is 9.09 Å². The fraction of sp³-hybridized carbons (Fsp3) is 1.00. The molecule has 2 N–H and O–H groups in total. The average Bonchev–Trinajstić information content (AvgIpc) is 2.27. The minimum Gasteiger partial charge on any atom is -0.303 e. The van der Waals surface area contributed by atoms with Gasteiger partial charge in [0.05, 0.1) is 6.10 Å². The monoisotopic (exact) mass is 354 g/mol. The summed E-state index contributed by atoms with van der Waals surface area (Å²) in [5.74, 6) is 0.664. The number of nitrogens with zero attached hydrogens (tertiary/aromatic N) is 1. The SMILES string of the molecule is CC(CC(C)SS)OP(N)(=O)N(CCCl)CCCl. The van der Waals surface area contributed by atoms with Gasteiger partial charge in [-0.1, -0.05) is 17.7 Å². The van der Waals surface area contributed by atoms with Crippen LogP contribution in [0.5, 0.6) is 0 Å². The Bertz CT molecular complexity index is 271. The van der Waals surface area contributed by atoms with Crippen LogP contribution in [-0.2, 0) is 9.09 Å². The van der Waals surface area contributed by atoms with Crippen molar-refractivity contribution in [3.05, 3.63) is 0 Å². The second kappa shape index (κ2) is 10.2. The highest BCUT2D eigenvalue weighted by Crippen LogP contribution is 2.44. The van der Waals surface area contributed by atoms with Gasteiger partial charge >= 0.3 is 7.67 Å². The molecule has 0 aromatic rings.